The smallest absolute Gasteiger partial charge is 0.0587 e. The number of anilines is 1. The van der Waals surface area contributed by atoms with Crippen LogP contribution in [0, 0.1) is 0 Å². The average molecular weight is 246 g/mol. The predicted molar refractivity (Wildman–Crippen MR) is 66.7 cm³/mol. The lowest BCUT2D eigenvalue weighted by Crippen LogP contribution is -1.99. The normalized spacial score (nSPS) is 12.7. The third-order valence-corrected chi connectivity index (χ3v) is 4.07. The molecule has 0 aliphatic heterocycles. The summed E-state index contributed by atoms with van der Waals surface area (Å²) in [6.45, 7) is 2.12. The Kier molecular flexibility index (Phi) is 5.12. The van der Waals surface area contributed by atoms with Gasteiger partial charge >= 0.3 is 0 Å². The molecule has 1 atom stereocenters. The van der Waals surface area contributed by atoms with E-state index in [0.717, 1.165) is 19.3 Å². The van der Waals surface area contributed by atoms with Crippen LogP contribution in [0.1, 0.15) is 26.2 Å². The summed E-state index contributed by atoms with van der Waals surface area (Å²) >= 11 is 5.96. The van der Waals surface area contributed by atoms with Gasteiger partial charge in [-0.05, 0) is 24.6 Å². The van der Waals surface area contributed by atoms with Gasteiger partial charge in [0.25, 0.3) is 0 Å². The molecular weight excluding hydrogens is 230 g/mol. The SMILES string of the molecule is CCCCCS(=O)c1ccc(N)cc1Cl. The summed E-state index contributed by atoms with van der Waals surface area (Å²) in [7, 11) is -0.992. The van der Waals surface area contributed by atoms with Crippen molar-refractivity contribution in [1.82, 2.24) is 0 Å². The van der Waals surface area contributed by atoms with Crippen LogP contribution in [0.5, 0.6) is 0 Å². The summed E-state index contributed by atoms with van der Waals surface area (Å²) in [5, 5.41) is 0.504. The Morgan fingerprint density at radius 2 is 2.13 bits per heavy atom. The topological polar surface area (TPSA) is 43.1 Å². The minimum atomic E-state index is -0.992. The van der Waals surface area contributed by atoms with E-state index in [-0.39, 0.29) is 0 Å². The van der Waals surface area contributed by atoms with E-state index in [1.54, 1.807) is 18.2 Å². The summed E-state index contributed by atoms with van der Waals surface area (Å²) in [5.41, 5.74) is 6.17. The standard InChI is InChI=1S/C11H16ClNOS/c1-2-3-4-7-15(14)11-6-5-9(13)8-10(11)12/h5-6,8H,2-4,7,13H2,1H3. The van der Waals surface area contributed by atoms with Gasteiger partial charge < -0.3 is 5.73 Å². The summed E-state index contributed by atoms with van der Waals surface area (Å²) in [4.78, 5) is 0.696. The minimum absolute atomic E-state index is 0.504. The average Bonchev–Trinajstić information content (AvgIpc) is 2.17. The van der Waals surface area contributed by atoms with Gasteiger partial charge in [-0.2, -0.15) is 0 Å². The van der Waals surface area contributed by atoms with Crippen LogP contribution in [0.4, 0.5) is 5.69 Å². The van der Waals surface area contributed by atoms with Crippen molar-refractivity contribution in [1.29, 1.82) is 0 Å². The molecule has 0 bridgehead atoms. The lowest BCUT2D eigenvalue weighted by molar-refractivity contribution is 0.676. The number of hydrogen-bond acceptors (Lipinski definition) is 2. The first-order valence-electron chi connectivity index (χ1n) is 5.08. The van der Waals surface area contributed by atoms with E-state index >= 15 is 0 Å². The first kappa shape index (κ1) is 12.5. The molecule has 84 valence electrons. The molecule has 0 saturated carbocycles. The van der Waals surface area contributed by atoms with E-state index in [9.17, 15) is 4.21 Å². The molecule has 0 heterocycles. The maximum atomic E-state index is 11.8. The number of hydrogen-bond donors (Lipinski definition) is 1. The van der Waals surface area contributed by atoms with E-state index < -0.39 is 10.8 Å². The molecule has 0 spiro atoms. The molecule has 0 amide bonds. The van der Waals surface area contributed by atoms with Crippen LogP contribution in [0.3, 0.4) is 0 Å². The summed E-state index contributed by atoms with van der Waals surface area (Å²) in [6.07, 6.45) is 3.22. The molecule has 1 aromatic rings. The number of rotatable bonds is 5. The second-order valence-electron chi connectivity index (χ2n) is 3.45. The Hall–Kier alpha value is -0.540. The van der Waals surface area contributed by atoms with Crippen molar-refractivity contribution in [2.75, 3.05) is 11.5 Å². The van der Waals surface area contributed by atoms with E-state index in [4.69, 9.17) is 17.3 Å². The van der Waals surface area contributed by atoms with Gasteiger partial charge in [-0.25, -0.2) is 0 Å². The molecule has 1 unspecified atom stereocenters. The van der Waals surface area contributed by atoms with Crippen molar-refractivity contribution in [2.24, 2.45) is 0 Å². The molecule has 0 aromatic heterocycles. The fourth-order valence-corrected chi connectivity index (χ4v) is 2.92. The van der Waals surface area contributed by atoms with Gasteiger partial charge in [0.1, 0.15) is 0 Å². The van der Waals surface area contributed by atoms with E-state index in [1.165, 1.54) is 0 Å². The first-order chi connectivity index (χ1) is 7.15. The van der Waals surface area contributed by atoms with Crippen molar-refractivity contribution in [3.05, 3.63) is 23.2 Å². The fourth-order valence-electron chi connectivity index (χ4n) is 1.29. The molecule has 0 fully saturated rings. The predicted octanol–water partition coefficient (Wildman–Crippen LogP) is 3.22. The maximum absolute atomic E-state index is 11.8. The molecule has 1 rings (SSSR count). The first-order valence-corrected chi connectivity index (χ1v) is 6.78. The van der Waals surface area contributed by atoms with Crippen molar-refractivity contribution in [3.8, 4) is 0 Å². The highest BCUT2D eigenvalue weighted by molar-refractivity contribution is 7.85. The quantitative estimate of drug-likeness (QED) is 0.639. The summed E-state index contributed by atoms with van der Waals surface area (Å²) in [6, 6.07) is 5.13. The highest BCUT2D eigenvalue weighted by Crippen LogP contribution is 2.23. The van der Waals surface area contributed by atoms with E-state index in [2.05, 4.69) is 6.92 Å². The molecule has 15 heavy (non-hydrogen) atoms. The van der Waals surface area contributed by atoms with Crippen LogP contribution in [0.15, 0.2) is 23.1 Å². The van der Waals surface area contributed by atoms with Crippen LogP contribution in [-0.4, -0.2) is 9.96 Å². The van der Waals surface area contributed by atoms with Crippen LogP contribution in [0.25, 0.3) is 0 Å². The lowest BCUT2D eigenvalue weighted by atomic mass is 10.3. The van der Waals surface area contributed by atoms with Crippen LogP contribution < -0.4 is 5.73 Å². The third-order valence-electron chi connectivity index (χ3n) is 2.13. The molecule has 4 heteroatoms. The second kappa shape index (κ2) is 6.13. The maximum Gasteiger partial charge on any atom is 0.0587 e. The third kappa shape index (κ3) is 3.84. The Morgan fingerprint density at radius 1 is 1.40 bits per heavy atom. The second-order valence-corrected chi connectivity index (χ2v) is 5.39. The van der Waals surface area contributed by atoms with Crippen molar-refractivity contribution >= 4 is 28.1 Å². The minimum Gasteiger partial charge on any atom is -0.399 e. The zero-order valence-corrected chi connectivity index (χ0v) is 10.4. The number of unbranched alkanes of at least 4 members (excludes halogenated alkanes) is 2. The largest absolute Gasteiger partial charge is 0.399 e. The lowest BCUT2D eigenvalue weighted by Gasteiger charge is -2.04. The molecule has 0 aliphatic carbocycles. The fraction of sp³-hybridized carbons (Fsp3) is 0.455. The van der Waals surface area contributed by atoms with Gasteiger partial charge in [0.05, 0.1) is 20.7 Å². The van der Waals surface area contributed by atoms with Crippen molar-refractivity contribution in [3.63, 3.8) is 0 Å². The molecule has 0 aliphatic rings. The molecule has 1 aromatic carbocycles. The van der Waals surface area contributed by atoms with Gasteiger partial charge in [0.2, 0.25) is 0 Å². The number of benzene rings is 1. The molecular formula is C11H16ClNOS. The zero-order valence-electron chi connectivity index (χ0n) is 8.83. The Bertz CT molecular complexity index is 354. The summed E-state index contributed by atoms with van der Waals surface area (Å²) < 4.78 is 11.8. The van der Waals surface area contributed by atoms with Crippen molar-refractivity contribution < 1.29 is 4.21 Å². The highest BCUT2D eigenvalue weighted by Gasteiger charge is 2.08. The Labute approximate surface area is 98.3 Å². The molecule has 0 radical (unpaired) electrons. The van der Waals surface area contributed by atoms with Gasteiger partial charge in [-0.1, -0.05) is 31.4 Å². The number of nitrogens with two attached hydrogens (primary N) is 1. The summed E-state index contributed by atoms with van der Waals surface area (Å²) in [5.74, 6) is 0.678. The van der Waals surface area contributed by atoms with E-state index in [0.29, 0.717) is 21.4 Å². The van der Waals surface area contributed by atoms with Crippen LogP contribution in [-0.2, 0) is 10.8 Å². The van der Waals surface area contributed by atoms with Gasteiger partial charge in [-0.3, -0.25) is 4.21 Å². The monoisotopic (exact) mass is 245 g/mol. The van der Waals surface area contributed by atoms with Gasteiger partial charge in [0.15, 0.2) is 0 Å². The number of halogens is 1. The highest BCUT2D eigenvalue weighted by atomic mass is 35.5. The van der Waals surface area contributed by atoms with E-state index in [1.807, 2.05) is 0 Å². The van der Waals surface area contributed by atoms with Gasteiger partial charge in [-0.15, -0.1) is 0 Å². The molecule has 2 nitrogen and oxygen atoms in total. The zero-order chi connectivity index (χ0) is 11.3. The molecule has 2 N–H and O–H groups in total. The van der Waals surface area contributed by atoms with Crippen LogP contribution in [0.2, 0.25) is 5.02 Å². The molecule has 0 saturated heterocycles. The Balaban J connectivity index is 2.65. The van der Waals surface area contributed by atoms with Crippen LogP contribution >= 0.6 is 11.6 Å². The van der Waals surface area contributed by atoms with Gasteiger partial charge in [0, 0.05) is 11.4 Å². The Morgan fingerprint density at radius 3 is 2.73 bits per heavy atom. The van der Waals surface area contributed by atoms with Crippen molar-refractivity contribution in [2.45, 2.75) is 31.1 Å². The number of nitrogen functional groups attached to an aromatic ring is 1.